The molecule has 0 unspecified atom stereocenters. The minimum Gasteiger partial charge on any atom is -0.398 e. The molecule has 0 aliphatic heterocycles. The molecule has 3 heteroatoms. The number of nitrogens with one attached hydrogen (secondary N) is 1. The minimum atomic E-state index is 0.711. The number of rotatable bonds is 8. The van der Waals surface area contributed by atoms with Gasteiger partial charge in [-0.05, 0) is 65.6 Å². The van der Waals surface area contributed by atoms with Gasteiger partial charge in [-0.15, -0.1) is 0 Å². The number of hydrogen-bond acceptors (Lipinski definition) is 2. The number of nitrogens with zero attached hydrogens (tertiary/aromatic N) is 1. The summed E-state index contributed by atoms with van der Waals surface area (Å²) in [6.07, 6.45) is 14.9. The molecule has 0 radical (unpaired) electrons. The van der Waals surface area contributed by atoms with Crippen LogP contribution < -0.4 is 5.73 Å². The van der Waals surface area contributed by atoms with Crippen LogP contribution in [0.25, 0.3) is 55.3 Å². The molecule has 6 aromatic rings. The molecule has 0 amide bonds. The zero-order valence-electron chi connectivity index (χ0n) is 24.1. The zero-order chi connectivity index (χ0) is 29.6. The highest BCUT2D eigenvalue weighted by Crippen LogP contribution is 2.38. The van der Waals surface area contributed by atoms with Gasteiger partial charge in [-0.25, -0.2) is 0 Å². The number of nitrogens with two attached hydrogens (primary N) is 1. The Hall–Kier alpha value is -5.67. The first-order valence-electron chi connectivity index (χ1n) is 14.4. The summed E-state index contributed by atoms with van der Waals surface area (Å²) in [5, 5.41) is 9.87. The largest absolute Gasteiger partial charge is 0.398 e. The summed E-state index contributed by atoms with van der Waals surface area (Å²) >= 11 is 0. The summed E-state index contributed by atoms with van der Waals surface area (Å²) in [5.74, 6) is 0. The Kier molecular flexibility index (Phi) is 7.97. The molecular formula is C40H33N3. The normalized spacial score (nSPS) is 12.3. The smallest absolute Gasteiger partial charge is 0.0541 e. The van der Waals surface area contributed by atoms with Gasteiger partial charge in [0.1, 0.15) is 0 Å². The van der Waals surface area contributed by atoms with E-state index in [1.165, 1.54) is 33.6 Å². The number of hydrogen-bond donors (Lipinski definition) is 2. The number of fused-ring (bicyclic) bond motifs is 3. The highest BCUT2D eigenvalue weighted by Gasteiger charge is 2.15. The third kappa shape index (κ3) is 5.49. The average molecular weight is 556 g/mol. The number of aromatic nitrogens is 1. The molecule has 1 aromatic heterocycles. The van der Waals surface area contributed by atoms with E-state index in [0.717, 1.165) is 33.5 Å². The van der Waals surface area contributed by atoms with Gasteiger partial charge in [0.05, 0.1) is 11.0 Å². The average Bonchev–Trinajstić information content (AvgIpc) is 3.39. The predicted octanol–water partition coefficient (Wildman–Crippen LogP) is 10.4. The van der Waals surface area contributed by atoms with Crippen LogP contribution in [0.3, 0.4) is 0 Å². The highest BCUT2D eigenvalue weighted by atomic mass is 15.0. The monoisotopic (exact) mass is 555 g/mol. The molecule has 0 saturated heterocycles. The molecule has 3 nitrogen and oxygen atoms in total. The second-order valence-electron chi connectivity index (χ2n) is 10.3. The van der Waals surface area contributed by atoms with Crippen LogP contribution in [0.5, 0.6) is 0 Å². The number of benzene rings is 5. The van der Waals surface area contributed by atoms with Crippen molar-refractivity contribution in [1.29, 1.82) is 5.41 Å². The second kappa shape index (κ2) is 12.5. The van der Waals surface area contributed by atoms with Crippen molar-refractivity contribution in [2.75, 3.05) is 5.73 Å². The summed E-state index contributed by atoms with van der Waals surface area (Å²) in [4.78, 5) is 0. The first-order valence-corrected chi connectivity index (χ1v) is 14.4. The molecule has 5 aromatic carbocycles. The van der Waals surface area contributed by atoms with Gasteiger partial charge in [0.15, 0.2) is 0 Å². The van der Waals surface area contributed by atoms with Gasteiger partial charge in [0.25, 0.3) is 0 Å². The lowest BCUT2D eigenvalue weighted by Crippen LogP contribution is -1.97. The Morgan fingerprint density at radius 3 is 2.16 bits per heavy atom. The van der Waals surface area contributed by atoms with E-state index in [0.29, 0.717) is 5.69 Å². The summed E-state index contributed by atoms with van der Waals surface area (Å²) in [5.41, 5.74) is 17.3. The van der Waals surface area contributed by atoms with E-state index in [2.05, 4.69) is 102 Å². The van der Waals surface area contributed by atoms with Crippen molar-refractivity contribution >= 4 is 39.3 Å². The van der Waals surface area contributed by atoms with E-state index >= 15 is 0 Å². The molecule has 0 bridgehead atoms. The van der Waals surface area contributed by atoms with Gasteiger partial charge in [-0.2, -0.15) is 0 Å². The molecule has 3 N–H and O–H groups in total. The quantitative estimate of drug-likeness (QED) is 0.110. The summed E-state index contributed by atoms with van der Waals surface area (Å²) in [7, 11) is 0. The van der Waals surface area contributed by atoms with Gasteiger partial charge in [0, 0.05) is 39.5 Å². The number of nitrogen functional groups attached to an aromatic ring is 1. The van der Waals surface area contributed by atoms with Gasteiger partial charge in [-0.1, -0.05) is 121 Å². The number of allylic oxidation sites excluding steroid dienone is 8. The van der Waals surface area contributed by atoms with Gasteiger partial charge >= 0.3 is 0 Å². The minimum absolute atomic E-state index is 0.711. The third-order valence-corrected chi connectivity index (χ3v) is 7.70. The summed E-state index contributed by atoms with van der Waals surface area (Å²) < 4.78 is 2.34. The summed E-state index contributed by atoms with van der Waals surface area (Å²) in [6.45, 7) is 1.99. The second-order valence-corrected chi connectivity index (χ2v) is 10.3. The van der Waals surface area contributed by atoms with E-state index in [1.807, 2.05) is 61.6 Å². The van der Waals surface area contributed by atoms with E-state index in [1.54, 1.807) is 6.08 Å². The van der Waals surface area contributed by atoms with E-state index in [-0.39, 0.29) is 0 Å². The zero-order valence-corrected chi connectivity index (χ0v) is 24.1. The first kappa shape index (κ1) is 27.5. The number of para-hydroxylation sites is 2. The standard InChI is InChI=1S/C40H33N3/c1-2-3-4-6-15-31(16-12-27-41)34-18-11-19-35(40(34)42)32-23-26-39-37(28-32)36-17-9-10-20-38(36)43(39)33-24-21-30(22-25-33)29-13-7-5-8-14-29/h2-28,41H,42H2,1H3/b3-2-,6-4-,16-12-,31-15-,41-27?. The van der Waals surface area contributed by atoms with Crippen LogP contribution in [0.2, 0.25) is 0 Å². The molecule has 0 aliphatic carbocycles. The maximum absolute atomic E-state index is 7.49. The maximum Gasteiger partial charge on any atom is 0.0541 e. The lowest BCUT2D eigenvalue weighted by molar-refractivity contribution is 1.18. The van der Waals surface area contributed by atoms with Crippen molar-refractivity contribution in [2.45, 2.75) is 6.92 Å². The molecule has 0 aliphatic rings. The van der Waals surface area contributed by atoms with Crippen LogP contribution in [0, 0.1) is 5.41 Å². The molecule has 43 heavy (non-hydrogen) atoms. The summed E-state index contributed by atoms with van der Waals surface area (Å²) in [6, 6.07) is 40.6. The van der Waals surface area contributed by atoms with E-state index in [9.17, 15) is 0 Å². The predicted molar refractivity (Wildman–Crippen MR) is 186 cm³/mol. The lowest BCUT2D eigenvalue weighted by Gasteiger charge is -2.13. The maximum atomic E-state index is 7.49. The van der Waals surface area contributed by atoms with E-state index < -0.39 is 0 Å². The lowest BCUT2D eigenvalue weighted by atomic mass is 9.94. The van der Waals surface area contributed by atoms with Crippen molar-refractivity contribution < 1.29 is 0 Å². The van der Waals surface area contributed by atoms with Gasteiger partial charge < -0.3 is 15.7 Å². The van der Waals surface area contributed by atoms with Gasteiger partial charge in [0.2, 0.25) is 0 Å². The Bertz CT molecular complexity index is 2040. The van der Waals surface area contributed by atoms with Crippen molar-refractivity contribution in [3.05, 3.63) is 163 Å². The Labute approximate surface area is 252 Å². The Balaban J connectivity index is 1.46. The SMILES string of the molecule is C\C=C/C=C\C=C(\C=C/C=N)c1cccc(-c2ccc3c(c2)c2ccccc2n3-c2ccc(-c3ccccc3)cc2)c1N. The molecule has 0 fully saturated rings. The van der Waals surface area contributed by atoms with E-state index in [4.69, 9.17) is 11.1 Å². The topological polar surface area (TPSA) is 54.8 Å². The van der Waals surface area contributed by atoms with Crippen LogP contribution in [-0.4, -0.2) is 10.8 Å². The molecule has 0 saturated carbocycles. The fraction of sp³-hybridized carbons (Fsp3) is 0.0250. The molecule has 208 valence electrons. The fourth-order valence-electron chi connectivity index (χ4n) is 5.64. The van der Waals surface area contributed by atoms with Crippen molar-refractivity contribution in [3.63, 3.8) is 0 Å². The van der Waals surface area contributed by atoms with Crippen molar-refractivity contribution in [3.8, 4) is 27.9 Å². The third-order valence-electron chi connectivity index (χ3n) is 7.70. The molecule has 1 heterocycles. The Morgan fingerprint density at radius 2 is 1.37 bits per heavy atom. The van der Waals surface area contributed by atoms with Crippen molar-refractivity contribution in [2.24, 2.45) is 0 Å². The Morgan fingerprint density at radius 1 is 0.651 bits per heavy atom. The number of anilines is 1. The van der Waals surface area contributed by atoms with Gasteiger partial charge in [-0.3, -0.25) is 0 Å². The molecule has 0 atom stereocenters. The van der Waals surface area contributed by atoms with Crippen LogP contribution in [0.4, 0.5) is 5.69 Å². The molecular weight excluding hydrogens is 522 g/mol. The molecule has 6 rings (SSSR count). The van der Waals surface area contributed by atoms with Crippen LogP contribution in [0.1, 0.15) is 12.5 Å². The van der Waals surface area contributed by atoms with Crippen LogP contribution >= 0.6 is 0 Å². The fourth-order valence-corrected chi connectivity index (χ4v) is 5.64. The highest BCUT2D eigenvalue weighted by molar-refractivity contribution is 6.11. The molecule has 0 spiro atoms. The van der Waals surface area contributed by atoms with Crippen LogP contribution in [-0.2, 0) is 0 Å². The van der Waals surface area contributed by atoms with Crippen LogP contribution in [0.15, 0.2) is 158 Å². The first-order chi connectivity index (χ1) is 21.2. The van der Waals surface area contributed by atoms with Crippen molar-refractivity contribution in [1.82, 2.24) is 4.57 Å².